The number of benzene rings is 4. The van der Waals surface area contributed by atoms with Gasteiger partial charge < -0.3 is 31.3 Å². The molecule has 3 atom stereocenters. The van der Waals surface area contributed by atoms with Crippen LogP contribution in [0.2, 0.25) is 0 Å². The van der Waals surface area contributed by atoms with Gasteiger partial charge in [-0.15, -0.1) is 0 Å². The molecular weight excluding hydrogens is 618 g/mol. The lowest BCUT2D eigenvalue weighted by Crippen LogP contribution is -2.63. The second-order valence-corrected chi connectivity index (χ2v) is 12.7. The topological polar surface area (TPSA) is 145 Å². The highest BCUT2D eigenvalue weighted by molar-refractivity contribution is 5.94. The molecule has 0 aromatic heterocycles. The number of piperazine rings is 1. The van der Waals surface area contributed by atoms with Crippen molar-refractivity contribution in [3.63, 3.8) is 0 Å². The van der Waals surface area contributed by atoms with Crippen LogP contribution in [-0.4, -0.2) is 82.8 Å². The molecule has 256 valence electrons. The van der Waals surface area contributed by atoms with Crippen LogP contribution in [0.4, 0.5) is 0 Å². The normalized spacial score (nSPS) is 15.9. The first-order chi connectivity index (χ1) is 23.7. The molecule has 1 saturated heterocycles. The minimum absolute atomic E-state index is 0.0883. The summed E-state index contributed by atoms with van der Waals surface area (Å²) in [6.07, 6.45) is 2.34. The molecular formula is C39H45N5O5. The molecule has 0 bridgehead atoms. The number of carbonyl (C=O) groups excluding carboxylic acids is 4. The first kappa shape index (κ1) is 35.1. The zero-order chi connectivity index (χ0) is 34.8. The van der Waals surface area contributed by atoms with Gasteiger partial charge in [-0.25, -0.2) is 0 Å². The average Bonchev–Trinajstić information content (AvgIpc) is 3.10. The number of carbonyl (C=O) groups is 4. The lowest BCUT2D eigenvalue weighted by Gasteiger charge is -2.42. The van der Waals surface area contributed by atoms with Crippen LogP contribution in [-0.2, 0) is 38.4 Å². The highest BCUT2D eigenvalue weighted by Crippen LogP contribution is 2.21. The Morgan fingerprint density at radius 2 is 1.49 bits per heavy atom. The van der Waals surface area contributed by atoms with Crippen LogP contribution >= 0.6 is 0 Å². The number of hydrogen-bond acceptors (Lipinski definition) is 6. The molecule has 1 aliphatic heterocycles. The minimum atomic E-state index is -0.983. The van der Waals surface area contributed by atoms with E-state index in [1.165, 1.54) is 19.1 Å². The fourth-order valence-corrected chi connectivity index (χ4v) is 6.41. The molecule has 49 heavy (non-hydrogen) atoms. The maximum absolute atomic E-state index is 14.4. The molecule has 10 heteroatoms. The van der Waals surface area contributed by atoms with Gasteiger partial charge in [-0.1, -0.05) is 84.9 Å². The van der Waals surface area contributed by atoms with Crippen LogP contribution in [0.3, 0.4) is 0 Å². The van der Waals surface area contributed by atoms with Gasteiger partial charge in [0.25, 0.3) is 0 Å². The van der Waals surface area contributed by atoms with Crippen molar-refractivity contribution in [2.24, 2.45) is 5.73 Å². The van der Waals surface area contributed by atoms with Crippen molar-refractivity contribution in [1.29, 1.82) is 0 Å². The van der Waals surface area contributed by atoms with Crippen molar-refractivity contribution in [3.8, 4) is 5.75 Å². The summed E-state index contributed by atoms with van der Waals surface area (Å²) in [5, 5.41) is 17.6. The first-order valence-corrected chi connectivity index (χ1v) is 16.9. The van der Waals surface area contributed by atoms with Gasteiger partial charge >= 0.3 is 0 Å². The number of nitrogens with two attached hydrogens (primary N) is 1. The zero-order valence-electron chi connectivity index (χ0n) is 27.9. The standard InChI is InChI=1S/C39H45N5O5/c1-27(45)41-35(23-29-14-17-34(46)18-15-29)38(48)42-36(24-28-8-3-2-4-9-28)39(49)44-26-37(47)43(25-33(44)12-7-20-40)21-19-30-13-16-31-10-5-6-11-32(31)22-30/h2-6,8-11,13-18,22,33,35-36,46H,7,12,19-21,23-26,40H2,1H3,(H,41,45)(H,42,48). The van der Waals surface area contributed by atoms with E-state index in [2.05, 4.69) is 41.0 Å². The molecule has 0 spiro atoms. The third-order valence-electron chi connectivity index (χ3n) is 9.01. The predicted octanol–water partition coefficient (Wildman–Crippen LogP) is 3.34. The van der Waals surface area contributed by atoms with E-state index in [9.17, 15) is 24.3 Å². The van der Waals surface area contributed by atoms with Crippen LogP contribution in [0.1, 0.15) is 36.5 Å². The summed E-state index contributed by atoms with van der Waals surface area (Å²) in [7, 11) is 0. The summed E-state index contributed by atoms with van der Waals surface area (Å²) >= 11 is 0. The van der Waals surface area contributed by atoms with Crippen molar-refractivity contribution >= 4 is 34.4 Å². The third kappa shape index (κ3) is 9.67. The highest BCUT2D eigenvalue weighted by Gasteiger charge is 2.38. The number of aromatic hydroxyl groups is 1. The van der Waals surface area contributed by atoms with E-state index >= 15 is 0 Å². The molecule has 0 saturated carbocycles. The number of phenolic OH excluding ortho intramolecular Hbond substituents is 1. The van der Waals surface area contributed by atoms with E-state index in [0.29, 0.717) is 38.9 Å². The van der Waals surface area contributed by atoms with Gasteiger partial charge in [-0.3, -0.25) is 19.2 Å². The van der Waals surface area contributed by atoms with E-state index in [4.69, 9.17) is 5.73 Å². The highest BCUT2D eigenvalue weighted by atomic mass is 16.3. The fourth-order valence-electron chi connectivity index (χ4n) is 6.41. The molecule has 4 aromatic carbocycles. The Hall–Kier alpha value is -5.22. The number of nitrogens with zero attached hydrogens (tertiary/aromatic N) is 2. The van der Waals surface area contributed by atoms with Crippen LogP contribution in [0.5, 0.6) is 5.75 Å². The van der Waals surface area contributed by atoms with Gasteiger partial charge in [0.2, 0.25) is 23.6 Å². The van der Waals surface area contributed by atoms with Gasteiger partial charge in [0.15, 0.2) is 0 Å². The van der Waals surface area contributed by atoms with Crippen LogP contribution in [0, 0.1) is 0 Å². The molecule has 0 radical (unpaired) electrons. The van der Waals surface area contributed by atoms with Gasteiger partial charge in [0.1, 0.15) is 24.4 Å². The maximum Gasteiger partial charge on any atom is 0.246 e. The van der Waals surface area contributed by atoms with E-state index in [1.54, 1.807) is 17.0 Å². The van der Waals surface area contributed by atoms with E-state index in [-0.39, 0.29) is 43.0 Å². The smallest absolute Gasteiger partial charge is 0.246 e. The SMILES string of the molecule is CC(=O)NC(Cc1ccc(O)cc1)C(=O)NC(Cc1ccccc1)C(=O)N1CC(=O)N(CCc2ccc3ccccc3c2)CC1CCCN. The van der Waals surface area contributed by atoms with E-state index in [1.807, 2.05) is 47.4 Å². The molecule has 1 fully saturated rings. The quantitative estimate of drug-likeness (QED) is 0.163. The number of fused-ring (bicyclic) bond motifs is 1. The summed E-state index contributed by atoms with van der Waals surface area (Å²) in [5.74, 6) is -1.32. The zero-order valence-corrected chi connectivity index (χ0v) is 27.9. The summed E-state index contributed by atoms with van der Waals surface area (Å²) in [5.41, 5.74) is 8.60. The first-order valence-electron chi connectivity index (χ1n) is 16.9. The average molecular weight is 664 g/mol. The molecule has 1 heterocycles. The van der Waals surface area contributed by atoms with Crippen molar-refractivity contribution < 1.29 is 24.3 Å². The summed E-state index contributed by atoms with van der Waals surface area (Å²) in [6.45, 7) is 2.58. The van der Waals surface area contributed by atoms with Gasteiger partial charge in [0.05, 0.1) is 0 Å². The largest absolute Gasteiger partial charge is 0.508 e. The fraction of sp³-hybridized carbons (Fsp3) is 0.333. The van der Waals surface area contributed by atoms with Crippen molar-refractivity contribution in [1.82, 2.24) is 20.4 Å². The third-order valence-corrected chi connectivity index (χ3v) is 9.01. The lowest BCUT2D eigenvalue weighted by molar-refractivity contribution is -0.151. The summed E-state index contributed by atoms with van der Waals surface area (Å²) < 4.78 is 0. The second-order valence-electron chi connectivity index (χ2n) is 12.7. The molecule has 3 unspecified atom stereocenters. The summed E-state index contributed by atoms with van der Waals surface area (Å²) in [4.78, 5) is 57.3. The molecule has 10 nitrogen and oxygen atoms in total. The van der Waals surface area contributed by atoms with Gasteiger partial charge in [-0.05, 0) is 65.4 Å². The second kappa shape index (κ2) is 16.7. The maximum atomic E-state index is 14.4. The molecule has 5 N–H and O–H groups in total. The molecule has 4 aromatic rings. The lowest BCUT2D eigenvalue weighted by atomic mass is 9.99. The van der Waals surface area contributed by atoms with Crippen molar-refractivity contribution in [2.45, 2.75) is 57.2 Å². The number of rotatable bonds is 14. The monoisotopic (exact) mass is 663 g/mol. The Labute approximate surface area is 287 Å². The number of amides is 4. The van der Waals surface area contributed by atoms with Crippen LogP contribution in [0.25, 0.3) is 10.8 Å². The number of phenols is 1. The molecule has 5 rings (SSSR count). The van der Waals surface area contributed by atoms with E-state index < -0.39 is 23.9 Å². The van der Waals surface area contributed by atoms with Crippen LogP contribution in [0.15, 0.2) is 97.1 Å². The van der Waals surface area contributed by atoms with Gasteiger partial charge in [-0.2, -0.15) is 0 Å². The Balaban J connectivity index is 1.33. The van der Waals surface area contributed by atoms with Crippen LogP contribution < -0.4 is 16.4 Å². The Kier molecular flexibility index (Phi) is 12.0. The van der Waals surface area contributed by atoms with E-state index in [0.717, 1.165) is 27.5 Å². The number of hydrogen-bond donors (Lipinski definition) is 4. The number of nitrogens with one attached hydrogen (secondary N) is 2. The molecule has 0 aliphatic carbocycles. The predicted molar refractivity (Wildman–Crippen MR) is 190 cm³/mol. The summed E-state index contributed by atoms with van der Waals surface area (Å²) in [6, 6.07) is 28.0. The Morgan fingerprint density at radius 1 is 0.837 bits per heavy atom. The minimum Gasteiger partial charge on any atom is -0.508 e. The molecule has 1 aliphatic rings. The van der Waals surface area contributed by atoms with Crippen molar-refractivity contribution in [3.05, 3.63) is 114 Å². The Morgan fingerprint density at radius 3 is 2.20 bits per heavy atom. The van der Waals surface area contributed by atoms with Crippen molar-refractivity contribution in [2.75, 3.05) is 26.2 Å². The Bertz CT molecular complexity index is 1750. The van der Waals surface area contributed by atoms with Gasteiger partial charge in [0, 0.05) is 38.9 Å². The molecule has 4 amide bonds.